The number of halogens is 2. The third-order valence-electron chi connectivity index (χ3n) is 14.3. The van der Waals surface area contributed by atoms with Gasteiger partial charge in [-0.15, -0.1) is 0 Å². The lowest BCUT2D eigenvalue weighted by atomic mass is 9.72. The highest BCUT2D eigenvalue weighted by atomic mass is 19.1. The van der Waals surface area contributed by atoms with Gasteiger partial charge < -0.3 is 39.9 Å². The number of hydrogen-bond acceptors (Lipinski definition) is 9. The summed E-state index contributed by atoms with van der Waals surface area (Å²) in [6.07, 6.45) is 5.47. The number of aromatic nitrogens is 4. The van der Waals surface area contributed by atoms with Crippen LogP contribution in [0.3, 0.4) is 0 Å². The predicted molar refractivity (Wildman–Crippen MR) is 246 cm³/mol. The number of benzene rings is 3. The SMILES string of the molecule is COC(=O)NCC(=O)N1CC(F)CC1c1ncc(-c2ccc(-c3ccc(-c4ccc5nc(C6CC(F)CN6C(=O)C(NC(=O)OC)C(C)C)[nH]c(=O)c5c4)c4c3CC3(CCCCC3)C4)cc2)[nH]1. The number of H-pyrrole nitrogens is 2. The van der Waals surface area contributed by atoms with Gasteiger partial charge in [0.05, 0.1) is 62.2 Å². The maximum atomic E-state index is 15.1. The second-order valence-corrected chi connectivity index (χ2v) is 18.9. The van der Waals surface area contributed by atoms with Gasteiger partial charge in [0.1, 0.15) is 36.6 Å². The third kappa shape index (κ3) is 8.99. The van der Waals surface area contributed by atoms with E-state index < -0.39 is 54.5 Å². The first-order valence-electron chi connectivity index (χ1n) is 23.1. The molecule has 9 rings (SSSR count). The summed E-state index contributed by atoms with van der Waals surface area (Å²) >= 11 is 0. The van der Waals surface area contributed by atoms with Gasteiger partial charge in [0.2, 0.25) is 11.8 Å². The predicted octanol–water partition coefficient (Wildman–Crippen LogP) is 7.66. The summed E-state index contributed by atoms with van der Waals surface area (Å²) < 4.78 is 39.0. The highest BCUT2D eigenvalue weighted by Crippen LogP contribution is 2.52. The average Bonchev–Trinajstić information content (AvgIpc) is 4.14. The van der Waals surface area contributed by atoms with Crippen molar-refractivity contribution in [2.75, 3.05) is 33.9 Å². The molecule has 2 aliphatic carbocycles. The quantitative estimate of drug-likeness (QED) is 0.109. The van der Waals surface area contributed by atoms with Gasteiger partial charge in [-0.1, -0.05) is 75.6 Å². The van der Waals surface area contributed by atoms with E-state index in [1.807, 2.05) is 30.3 Å². The topological polar surface area (TPSA) is 192 Å². The zero-order valence-corrected chi connectivity index (χ0v) is 38.1. The van der Waals surface area contributed by atoms with Crippen LogP contribution in [-0.4, -0.2) is 106 Å². The standard InChI is InChI=1S/C50H56F2N8O7/c1-27(2)43(57-49(65)67-4)47(63)60-26-32(52)20-41(60)45-55-38-15-12-30(18-35(38)46(62)58-45)34-14-13-33(36-21-50(22-37(34)36)16-6-5-7-17-50)28-8-10-29(11-9-28)39-23-53-44(56-39)40-19-31(51)25-59(40)42(61)24-54-48(64)66-3/h8-15,18,23,27,31-32,40-41,43H,5-7,16-17,19-22,24-26H2,1-4H3,(H,53,56)(H,54,64)(H,57,65)(H,55,58,62). The van der Waals surface area contributed by atoms with Crippen LogP contribution < -0.4 is 16.2 Å². The highest BCUT2D eigenvalue weighted by molar-refractivity contribution is 5.88. The zero-order valence-electron chi connectivity index (χ0n) is 38.1. The maximum Gasteiger partial charge on any atom is 0.407 e. The second-order valence-electron chi connectivity index (χ2n) is 18.9. The number of carbonyl (C=O) groups excluding carboxylic acids is 4. The Morgan fingerprint density at radius 2 is 1.40 bits per heavy atom. The van der Waals surface area contributed by atoms with Crippen LogP contribution in [0.15, 0.2) is 65.6 Å². The summed E-state index contributed by atoms with van der Waals surface area (Å²) in [6.45, 7) is 2.96. The molecule has 17 heteroatoms. The number of methoxy groups -OCH3 is 2. The fourth-order valence-electron chi connectivity index (χ4n) is 10.9. The first kappa shape index (κ1) is 45.5. The molecule has 5 aromatic rings. The van der Waals surface area contributed by atoms with Crippen molar-refractivity contribution in [2.24, 2.45) is 11.3 Å². The van der Waals surface area contributed by atoms with Crippen molar-refractivity contribution in [1.82, 2.24) is 40.4 Å². The van der Waals surface area contributed by atoms with Crippen LogP contribution in [0.2, 0.25) is 0 Å². The van der Waals surface area contributed by atoms with Crippen LogP contribution in [0.1, 0.15) is 93.7 Å². The Morgan fingerprint density at radius 3 is 2.06 bits per heavy atom. The van der Waals surface area contributed by atoms with E-state index in [9.17, 15) is 28.4 Å². The third-order valence-corrected chi connectivity index (χ3v) is 14.3. The van der Waals surface area contributed by atoms with Crippen molar-refractivity contribution >= 4 is 34.9 Å². The van der Waals surface area contributed by atoms with Crippen molar-refractivity contribution in [3.05, 3.63) is 93.9 Å². The number of aromatic amines is 2. The van der Waals surface area contributed by atoms with Gasteiger partial charge in [-0.05, 0) is 88.1 Å². The van der Waals surface area contributed by atoms with Crippen molar-refractivity contribution < 1.29 is 37.4 Å². The molecular formula is C50H56F2N8O7. The summed E-state index contributed by atoms with van der Waals surface area (Å²) in [5.74, 6) is -0.557. The molecule has 4 amide bonds. The Balaban J connectivity index is 0.989. The number of nitrogens with zero attached hydrogens (tertiary/aromatic N) is 4. The molecule has 1 spiro atoms. The summed E-state index contributed by atoms with van der Waals surface area (Å²) in [5.41, 5.74) is 8.57. The molecule has 4 heterocycles. The minimum absolute atomic E-state index is 0.0428. The Morgan fingerprint density at radius 1 is 0.791 bits per heavy atom. The van der Waals surface area contributed by atoms with E-state index in [1.165, 1.54) is 54.4 Å². The van der Waals surface area contributed by atoms with Gasteiger partial charge in [-0.2, -0.15) is 0 Å². The molecule has 2 aliphatic heterocycles. The molecule has 4 aliphatic rings. The van der Waals surface area contributed by atoms with E-state index in [0.717, 1.165) is 59.2 Å². The molecule has 1 saturated carbocycles. The Bertz CT molecular complexity index is 2770. The molecule has 0 radical (unpaired) electrons. The van der Waals surface area contributed by atoms with Gasteiger partial charge >= 0.3 is 12.2 Å². The Kier molecular flexibility index (Phi) is 12.6. The number of carbonyl (C=O) groups is 4. The number of ether oxygens (including phenoxy) is 2. The molecule has 4 N–H and O–H groups in total. The largest absolute Gasteiger partial charge is 0.453 e. The lowest BCUT2D eigenvalue weighted by Crippen LogP contribution is -2.51. The smallest absolute Gasteiger partial charge is 0.407 e. The van der Waals surface area contributed by atoms with Crippen molar-refractivity contribution in [2.45, 2.75) is 102 Å². The molecule has 3 fully saturated rings. The zero-order chi connectivity index (χ0) is 47.1. The van der Waals surface area contributed by atoms with E-state index in [1.54, 1.807) is 20.0 Å². The first-order chi connectivity index (χ1) is 32.2. The van der Waals surface area contributed by atoms with Crippen molar-refractivity contribution in [3.63, 3.8) is 0 Å². The first-order valence-corrected chi connectivity index (χ1v) is 23.1. The molecule has 5 atom stereocenters. The van der Waals surface area contributed by atoms with Crippen LogP contribution in [0, 0.1) is 11.3 Å². The van der Waals surface area contributed by atoms with E-state index >= 15 is 4.39 Å². The molecule has 67 heavy (non-hydrogen) atoms. The van der Waals surface area contributed by atoms with Crippen molar-refractivity contribution in [1.29, 1.82) is 0 Å². The van der Waals surface area contributed by atoms with Crippen LogP contribution >= 0.6 is 0 Å². The molecule has 5 unspecified atom stereocenters. The fourth-order valence-corrected chi connectivity index (χ4v) is 10.9. The lowest BCUT2D eigenvalue weighted by Gasteiger charge is -2.33. The maximum absolute atomic E-state index is 15.1. The molecule has 352 valence electrons. The number of alkyl carbamates (subject to hydrolysis) is 2. The van der Waals surface area contributed by atoms with Crippen LogP contribution in [0.4, 0.5) is 18.4 Å². The van der Waals surface area contributed by atoms with Gasteiger partial charge in [0.25, 0.3) is 5.56 Å². The Labute approximate surface area is 386 Å². The number of hydrogen-bond donors (Lipinski definition) is 4. The summed E-state index contributed by atoms with van der Waals surface area (Å²) in [6, 6.07) is 15.8. The van der Waals surface area contributed by atoms with E-state index in [0.29, 0.717) is 16.7 Å². The van der Waals surface area contributed by atoms with E-state index in [-0.39, 0.29) is 55.2 Å². The normalized spacial score (nSPS) is 21.4. The minimum atomic E-state index is -1.34. The lowest BCUT2D eigenvalue weighted by molar-refractivity contribution is -0.135. The molecule has 15 nitrogen and oxygen atoms in total. The van der Waals surface area contributed by atoms with E-state index in [2.05, 4.69) is 54.6 Å². The summed E-state index contributed by atoms with van der Waals surface area (Å²) in [4.78, 5) is 82.6. The van der Waals surface area contributed by atoms with Crippen LogP contribution in [0.25, 0.3) is 44.4 Å². The molecule has 2 saturated heterocycles. The number of nitrogens with one attached hydrogen (secondary N) is 4. The van der Waals surface area contributed by atoms with Crippen molar-refractivity contribution in [3.8, 4) is 33.5 Å². The molecule has 3 aromatic carbocycles. The number of imidazole rings is 1. The van der Waals surface area contributed by atoms with Gasteiger partial charge in [0.15, 0.2) is 0 Å². The average molecular weight is 919 g/mol. The fraction of sp³-hybridized carbons (Fsp3) is 0.460. The number of alkyl halides is 2. The van der Waals surface area contributed by atoms with Crippen LogP contribution in [-0.2, 0) is 31.9 Å². The number of rotatable bonds is 10. The molecule has 2 aromatic heterocycles. The summed E-state index contributed by atoms with van der Waals surface area (Å²) in [5, 5.41) is 5.33. The van der Waals surface area contributed by atoms with Gasteiger partial charge in [0, 0.05) is 12.8 Å². The second kappa shape index (κ2) is 18.6. The number of likely N-dealkylation sites (tertiary alicyclic amines) is 2. The molecule has 0 bridgehead atoms. The number of amides is 4. The highest BCUT2D eigenvalue weighted by Gasteiger charge is 2.43. The van der Waals surface area contributed by atoms with E-state index in [4.69, 9.17) is 9.72 Å². The summed E-state index contributed by atoms with van der Waals surface area (Å²) in [7, 11) is 2.42. The minimum Gasteiger partial charge on any atom is -0.453 e. The van der Waals surface area contributed by atoms with Gasteiger partial charge in [-0.3, -0.25) is 14.4 Å². The van der Waals surface area contributed by atoms with Gasteiger partial charge in [-0.25, -0.2) is 28.3 Å². The Hall–Kier alpha value is -6.65. The molecular weight excluding hydrogens is 863 g/mol. The van der Waals surface area contributed by atoms with Crippen LogP contribution in [0.5, 0.6) is 0 Å². The monoisotopic (exact) mass is 918 g/mol. The number of fused-ring (bicyclic) bond motifs is 2.